The van der Waals surface area contributed by atoms with E-state index in [9.17, 15) is 4.79 Å². The molecule has 0 unspecified atom stereocenters. The summed E-state index contributed by atoms with van der Waals surface area (Å²) in [4.78, 5) is 9.85. The van der Waals surface area contributed by atoms with E-state index in [0.29, 0.717) is 21.1 Å². The van der Waals surface area contributed by atoms with Crippen LogP contribution in [0.2, 0.25) is 0 Å². The van der Waals surface area contributed by atoms with Crippen molar-refractivity contribution in [1.82, 2.24) is 0 Å². The maximum atomic E-state index is 9.85. The zero-order chi connectivity index (χ0) is 9.56. The summed E-state index contributed by atoms with van der Waals surface area (Å²) >= 11 is 0. The van der Waals surface area contributed by atoms with E-state index in [1.165, 1.54) is 0 Å². The summed E-state index contributed by atoms with van der Waals surface area (Å²) in [6.07, 6.45) is -0.421. The topological polar surface area (TPSA) is 40.4 Å². The first-order chi connectivity index (χ1) is 5.54. The molecule has 13 heavy (non-hydrogen) atoms. The predicted molar refractivity (Wildman–Crippen MR) is 53.5 cm³/mol. The van der Waals surface area contributed by atoms with E-state index in [1.807, 2.05) is 0 Å². The number of amides is 1. The number of hydrogen-bond acceptors (Lipinski definition) is 2. The Kier molecular flexibility index (Phi) is 11.0. The van der Waals surface area contributed by atoms with E-state index in [-0.39, 0.29) is 22.4 Å². The van der Waals surface area contributed by atoms with Gasteiger partial charge in [-0.15, -0.1) is 7.92 Å². The molecule has 1 aliphatic rings. The van der Waals surface area contributed by atoms with E-state index >= 15 is 0 Å². The van der Waals surface area contributed by atoms with E-state index in [2.05, 4.69) is 37.2 Å². The van der Waals surface area contributed by atoms with Gasteiger partial charge in [-0.25, -0.2) is 0 Å². The quantitative estimate of drug-likeness (QED) is 0.513. The monoisotopic (exact) mass is 387 g/mol. The van der Waals surface area contributed by atoms with Crippen molar-refractivity contribution in [3.63, 3.8) is 0 Å². The van der Waals surface area contributed by atoms with Crippen LogP contribution in [0.15, 0.2) is 0 Å². The number of carbonyl (C=O) groups excluding carboxylic acids is 1. The molecule has 0 aromatic heterocycles. The molecule has 3 nitrogen and oxygen atoms in total. The average Bonchev–Trinajstić information content (AvgIpc) is 2.40. The van der Waals surface area contributed by atoms with Gasteiger partial charge in [0.2, 0.25) is 6.09 Å². The maximum absolute atomic E-state index is 9.85. The van der Waals surface area contributed by atoms with Crippen LogP contribution in [-0.2, 0) is 27.1 Å². The Hall–Kier alpha value is 0.440. The third kappa shape index (κ3) is 10.4. The van der Waals surface area contributed by atoms with E-state index in [0.717, 1.165) is 5.66 Å². The van der Waals surface area contributed by atoms with Gasteiger partial charge in [0.25, 0.3) is 0 Å². The molecule has 0 aliphatic carbocycles. The molecular formula is C8H17AuNO2P. The Labute approximate surface area is 97.3 Å². The Morgan fingerprint density at radius 1 is 1.46 bits per heavy atom. The van der Waals surface area contributed by atoms with Gasteiger partial charge in [0.05, 0.1) is 6.61 Å². The largest absolute Gasteiger partial charge is 1.00 e. The van der Waals surface area contributed by atoms with Crippen LogP contribution in [0.3, 0.4) is 0 Å². The first kappa shape index (κ1) is 15.9. The molecule has 0 N–H and O–H groups in total. The predicted octanol–water partition coefficient (Wildman–Crippen LogP) is 2.64. The summed E-state index contributed by atoms with van der Waals surface area (Å²) in [5.41, 5.74) is 0.917. The number of cyclic esters (lactones) is 1. The minimum absolute atomic E-state index is 0. The minimum atomic E-state index is -0.421. The molecule has 1 fully saturated rings. The van der Waals surface area contributed by atoms with Gasteiger partial charge in [0.15, 0.2) is 0 Å². The van der Waals surface area contributed by atoms with Crippen LogP contribution < -0.4 is 0 Å². The van der Waals surface area contributed by atoms with Crippen LogP contribution >= 0.6 is 7.92 Å². The van der Waals surface area contributed by atoms with Gasteiger partial charge in [0, 0.05) is 0 Å². The molecule has 0 spiro atoms. The van der Waals surface area contributed by atoms with Gasteiger partial charge in [-0.1, -0.05) is 20.4 Å². The molecule has 5 heteroatoms. The molecule has 82 valence electrons. The second-order valence-corrected chi connectivity index (χ2v) is 6.01. The van der Waals surface area contributed by atoms with Crippen LogP contribution in [0.5, 0.6) is 0 Å². The summed E-state index contributed by atoms with van der Waals surface area (Å²) < 4.78 is 4.35. The molecule has 0 atom stereocenters. The Morgan fingerprint density at radius 2 is 1.92 bits per heavy atom. The van der Waals surface area contributed by atoms with Crippen molar-refractivity contribution in [2.75, 3.05) is 26.5 Å². The van der Waals surface area contributed by atoms with Crippen LogP contribution in [0.4, 0.5) is 4.79 Å². The maximum Gasteiger partial charge on any atom is 1.00 e. The molecule has 1 rings (SSSR count). The standard InChI is InChI=1S/C5H13P.C3H5NO2.Au/c1-5(2)6(3)4;5-3-4-1-2-6-3;/h5H,1-4H3;1-2H2,(H,4,5);/q;;+1/p-1. The smallest absolute Gasteiger partial charge is 0.615 e. The summed E-state index contributed by atoms with van der Waals surface area (Å²) in [6, 6.07) is 0. The Bertz CT molecular complexity index is 128. The van der Waals surface area contributed by atoms with Crippen molar-refractivity contribution in [2.24, 2.45) is 0 Å². The van der Waals surface area contributed by atoms with Gasteiger partial charge >= 0.3 is 22.4 Å². The molecule has 0 radical (unpaired) electrons. The average molecular weight is 387 g/mol. The molecule has 1 heterocycles. The van der Waals surface area contributed by atoms with E-state index < -0.39 is 6.09 Å². The van der Waals surface area contributed by atoms with Gasteiger partial charge in [0.1, 0.15) is 0 Å². The fraction of sp³-hybridized carbons (Fsp3) is 0.875. The van der Waals surface area contributed by atoms with Crippen LogP contribution in [-0.4, -0.2) is 38.2 Å². The fourth-order valence-electron chi connectivity index (χ4n) is 0.316. The zero-order valence-electron chi connectivity index (χ0n) is 8.50. The summed E-state index contributed by atoms with van der Waals surface area (Å²) in [7, 11) is 0.341. The molecule has 0 bridgehead atoms. The van der Waals surface area contributed by atoms with Crippen molar-refractivity contribution in [3.05, 3.63) is 5.32 Å². The normalized spacial score (nSPS) is 14.2. The van der Waals surface area contributed by atoms with Gasteiger partial charge < -0.3 is 10.1 Å². The first-order valence-electron chi connectivity index (χ1n) is 4.04. The van der Waals surface area contributed by atoms with Crippen molar-refractivity contribution in [1.29, 1.82) is 0 Å². The second kappa shape index (κ2) is 9.01. The van der Waals surface area contributed by atoms with Crippen molar-refractivity contribution in [2.45, 2.75) is 19.5 Å². The molecule has 0 saturated carbocycles. The molecule has 0 aromatic carbocycles. The summed E-state index contributed by atoms with van der Waals surface area (Å²) in [6.45, 7) is 10.2. The number of carbonyl (C=O) groups is 1. The summed E-state index contributed by atoms with van der Waals surface area (Å²) in [5, 5.41) is 3.38. The van der Waals surface area contributed by atoms with Gasteiger partial charge in [-0.3, -0.25) is 4.79 Å². The molecule has 1 amide bonds. The van der Waals surface area contributed by atoms with Crippen LogP contribution in [0.25, 0.3) is 5.32 Å². The number of ether oxygens (including phenoxy) is 1. The summed E-state index contributed by atoms with van der Waals surface area (Å²) in [5.74, 6) is 0. The molecule has 1 aliphatic heterocycles. The van der Waals surface area contributed by atoms with Crippen LogP contribution in [0, 0.1) is 0 Å². The van der Waals surface area contributed by atoms with Crippen molar-refractivity contribution < 1.29 is 31.9 Å². The fourth-order valence-corrected chi connectivity index (χ4v) is 0.316. The third-order valence-electron chi connectivity index (χ3n) is 1.59. The molecular weight excluding hydrogens is 370 g/mol. The zero-order valence-corrected chi connectivity index (χ0v) is 11.6. The van der Waals surface area contributed by atoms with Crippen molar-refractivity contribution >= 4 is 14.0 Å². The minimum Gasteiger partial charge on any atom is -0.615 e. The number of nitrogens with zero attached hydrogens (tertiary/aromatic N) is 1. The second-order valence-electron chi connectivity index (χ2n) is 3.05. The number of rotatable bonds is 1. The number of hydrogen-bond donors (Lipinski definition) is 0. The Balaban J connectivity index is 0. The first-order valence-corrected chi connectivity index (χ1v) is 6.35. The van der Waals surface area contributed by atoms with E-state index in [1.54, 1.807) is 0 Å². The Morgan fingerprint density at radius 3 is 2.00 bits per heavy atom. The molecule has 1 saturated heterocycles. The molecule has 0 aromatic rings. The van der Waals surface area contributed by atoms with Crippen molar-refractivity contribution in [3.8, 4) is 0 Å². The SMILES string of the molecule is CC(C)P(C)C.O=C1[N-]CCO1.[Au+]. The van der Waals surface area contributed by atoms with Crippen LogP contribution in [0.1, 0.15) is 13.8 Å². The van der Waals surface area contributed by atoms with Gasteiger partial charge in [-0.05, 0) is 19.0 Å². The third-order valence-corrected chi connectivity index (χ3v) is 3.66. The van der Waals surface area contributed by atoms with E-state index in [4.69, 9.17) is 0 Å². The van der Waals surface area contributed by atoms with Gasteiger partial charge in [-0.2, -0.15) is 0 Å².